The molecule has 0 spiro atoms. The fourth-order valence-corrected chi connectivity index (χ4v) is 3.78. The van der Waals surface area contributed by atoms with Crippen LogP contribution in [0.25, 0.3) is 5.69 Å². The fourth-order valence-electron chi connectivity index (χ4n) is 3.78. The summed E-state index contributed by atoms with van der Waals surface area (Å²) in [5.74, 6) is 0.570. The van der Waals surface area contributed by atoms with Crippen LogP contribution in [0.15, 0.2) is 60.8 Å². The molecule has 1 saturated carbocycles. The van der Waals surface area contributed by atoms with Crippen molar-refractivity contribution in [2.75, 3.05) is 33.1 Å². The van der Waals surface area contributed by atoms with Crippen molar-refractivity contribution < 1.29 is 9.53 Å². The predicted octanol–water partition coefficient (Wildman–Crippen LogP) is 4.12. The van der Waals surface area contributed by atoms with Gasteiger partial charge >= 0.3 is 0 Å². The maximum atomic E-state index is 12.9. The SMILES string of the molecule is COc1ccc(-n2nccc2C(=O)Nc2ccc(C3(CCN(C)C)CC3)cc2)cc1. The van der Waals surface area contributed by atoms with Gasteiger partial charge < -0.3 is 15.0 Å². The first kappa shape index (κ1) is 20.2. The Balaban J connectivity index is 1.45. The number of nitrogens with zero attached hydrogens (tertiary/aromatic N) is 3. The van der Waals surface area contributed by atoms with Gasteiger partial charge in [0.1, 0.15) is 11.4 Å². The molecule has 1 amide bonds. The number of anilines is 1. The predicted molar refractivity (Wildman–Crippen MR) is 119 cm³/mol. The molecule has 0 atom stereocenters. The number of amides is 1. The van der Waals surface area contributed by atoms with Gasteiger partial charge in [-0.25, -0.2) is 4.68 Å². The Labute approximate surface area is 177 Å². The summed E-state index contributed by atoms with van der Waals surface area (Å²) in [7, 11) is 5.86. The van der Waals surface area contributed by atoms with Crippen LogP contribution in [0.5, 0.6) is 5.75 Å². The summed E-state index contributed by atoms with van der Waals surface area (Å²) < 4.78 is 6.83. The second-order valence-corrected chi connectivity index (χ2v) is 8.19. The van der Waals surface area contributed by atoms with E-state index in [9.17, 15) is 4.79 Å². The van der Waals surface area contributed by atoms with Crippen LogP contribution in [0.1, 0.15) is 35.3 Å². The zero-order valence-corrected chi connectivity index (χ0v) is 17.8. The molecule has 1 fully saturated rings. The third-order valence-corrected chi connectivity index (χ3v) is 5.84. The quantitative estimate of drug-likeness (QED) is 0.614. The van der Waals surface area contributed by atoms with Crippen LogP contribution in [0.3, 0.4) is 0 Å². The number of nitrogens with one attached hydrogen (secondary N) is 1. The van der Waals surface area contributed by atoms with E-state index >= 15 is 0 Å². The molecule has 30 heavy (non-hydrogen) atoms. The van der Waals surface area contributed by atoms with Crippen LogP contribution in [-0.2, 0) is 5.41 Å². The number of carbonyl (C=O) groups excluding carboxylic acids is 1. The molecule has 1 N–H and O–H groups in total. The number of carbonyl (C=O) groups is 1. The van der Waals surface area contributed by atoms with Gasteiger partial charge in [0.25, 0.3) is 5.91 Å². The monoisotopic (exact) mass is 404 g/mol. The number of benzene rings is 2. The summed E-state index contributed by atoms with van der Waals surface area (Å²) in [6.45, 7) is 1.09. The molecular weight excluding hydrogens is 376 g/mol. The maximum absolute atomic E-state index is 12.9. The molecule has 0 saturated heterocycles. The lowest BCUT2D eigenvalue weighted by Crippen LogP contribution is -2.19. The van der Waals surface area contributed by atoms with Gasteiger partial charge in [-0.1, -0.05) is 12.1 Å². The first-order valence-electron chi connectivity index (χ1n) is 10.3. The van der Waals surface area contributed by atoms with Crippen molar-refractivity contribution in [2.24, 2.45) is 0 Å². The molecule has 6 nitrogen and oxygen atoms in total. The molecule has 0 unspecified atom stereocenters. The van der Waals surface area contributed by atoms with Crippen molar-refractivity contribution in [1.29, 1.82) is 0 Å². The number of hydrogen-bond acceptors (Lipinski definition) is 4. The maximum Gasteiger partial charge on any atom is 0.274 e. The Morgan fingerprint density at radius 2 is 1.80 bits per heavy atom. The highest BCUT2D eigenvalue weighted by Crippen LogP contribution is 2.51. The summed E-state index contributed by atoms with van der Waals surface area (Å²) in [5, 5.41) is 7.30. The van der Waals surface area contributed by atoms with E-state index in [0.717, 1.165) is 23.7 Å². The molecule has 1 aliphatic carbocycles. The lowest BCUT2D eigenvalue weighted by atomic mass is 9.92. The van der Waals surface area contributed by atoms with Gasteiger partial charge in [0.05, 0.1) is 19.0 Å². The first-order chi connectivity index (χ1) is 14.5. The van der Waals surface area contributed by atoms with Crippen LogP contribution in [0.4, 0.5) is 5.69 Å². The standard InChI is InChI=1S/C24H28N4O2/c1-27(2)17-15-24(13-14-24)18-4-6-19(7-5-18)26-23(29)22-12-16-25-28(22)20-8-10-21(30-3)11-9-20/h4-12,16H,13-15,17H2,1-3H3,(H,26,29). The van der Waals surface area contributed by atoms with Crippen LogP contribution >= 0.6 is 0 Å². The van der Waals surface area contributed by atoms with E-state index in [2.05, 4.69) is 41.5 Å². The van der Waals surface area contributed by atoms with Crippen molar-refractivity contribution in [3.05, 3.63) is 72.1 Å². The van der Waals surface area contributed by atoms with Crippen LogP contribution in [-0.4, -0.2) is 48.3 Å². The highest BCUT2D eigenvalue weighted by molar-refractivity contribution is 6.03. The van der Waals surface area contributed by atoms with E-state index in [4.69, 9.17) is 4.74 Å². The summed E-state index contributed by atoms with van der Waals surface area (Å²) >= 11 is 0. The first-order valence-corrected chi connectivity index (χ1v) is 10.3. The van der Waals surface area contributed by atoms with Gasteiger partial charge in [-0.3, -0.25) is 4.79 Å². The lowest BCUT2D eigenvalue weighted by Gasteiger charge is -2.19. The Bertz CT molecular complexity index is 1000. The molecule has 156 valence electrons. The second kappa shape index (κ2) is 8.32. The average Bonchev–Trinajstić information content (AvgIpc) is 3.39. The largest absolute Gasteiger partial charge is 0.497 e. The zero-order valence-electron chi connectivity index (χ0n) is 17.8. The molecule has 0 bridgehead atoms. The average molecular weight is 405 g/mol. The topological polar surface area (TPSA) is 59.4 Å². The normalized spacial score (nSPS) is 14.5. The van der Waals surface area contributed by atoms with E-state index in [1.165, 1.54) is 24.8 Å². The number of rotatable bonds is 8. The summed E-state index contributed by atoms with van der Waals surface area (Å²) in [6, 6.07) is 17.5. The molecular formula is C24H28N4O2. The van der Waals surface area contributed by atoms with Gasteiger partial charge in [0, 0.05) is 5.69 Å². The molecule has 1 aliphatic rings. The van der Waals surface area contributed by atoms with Crippen LogP contribution in [0, 0.1) is 0 Å². The summed E-state index contributed by atoms with van der Waals surface area (Å²) in [6.07, 6.45) is 5.29. The number of ether oxygens (including phenoxy) is 1. The van der Waals surface area contributed by atoms with Crippen LogP contribution < -0.4 is 10.1 Å². The number of aromatic nitrogens is 2. The second-order valence-electron chi connectivity index (χ2n) is 8.19. The Hall–Kier alpha value is -3.12. The Kier molecular flexibility index (Phi) is 5.59. The third kappa shape index (κ3) is 4.24. The van der Waals surface area contributed by atoms with E-state index < -0.39 is 0 Å². The van der Waals surface area contributed by atoms with Crippen molar-refractivity contribution >= 4 is 11.6 Å². The van der Waals surface area contributed by atoms with E-state index in [0.29, 0.717) is 11.1 Å². The smallest absolute Gasteiger partial charge is 0.274 e. The molecule has 1 heterocycles. The highest BCUT2D eigenvalue weighted by Gasteiger charge is 2.43. The zero-order chi connectivity index (χ0) is 21.1. The molecule has 4 rings (SSSR count). The van der Waals surface area contributed by atoms with Crippen molar-refractivity contribution in [1.82, 2.24) is 14.7 Å². The molecule has 3 aromatic rings. The van der Waals surface area contributed by atoms with Gasteiger partial charge in [0.2, 0.25) is 0 Å². The van der Waals surface area contributed by atoms with Crippen LogP contribution in [0.2, 0.25) is 0 Å². The minimum absolute atomic E-state index is 0.190. The molecule has 1 aromatic heterocycles. The minimum Gasteiger partial charge on any atom is -0.497 e. The van der Waals surface area contributed by atoms with E-state index in [-0.39, 0.29) is 5.91 Å². The van der Waals surface area contributed by atoms with Crippen molar-refractivity contribution in [3.63, 3.8) is 0 Å². The fraction of sp³-hybridized carbons (Fsp3) is 0.333. The Morgan fingerprint density at radius 3 is 2.40 bits per heavy atom. The number of methoxy groups -OCH3 is 1. The van der Waals surface area contributed by atoms with Gasteiger partial charge in [-0.15, -0.1) is 0 Å². The third-order valence-electron chi connectivity index (χ3n) is 5.84. The van der Waals surface area contributed by atoms with E-state index in [1.807, 2.05) is 36.4 Å². The molecule has 0 radical (unpaired) electrons. The Morgan fingerprint density at radius 1 is 1.10 bits per heavy atom. The molecule has 0 aliphatic heterocycles. The molecule has 2 aromatic carbocycles. The molecule has 6 heteroatoms. The van der Waals surface area contributed by atoms with Crippen molar-refractivity contribution in [3.8, 4) is 11.4 Å². The van der Waals surface area contributed by atoms with E-state index in [1.54, 1.807) is 24.1 Å². The summed E-state index contributed by atoms with van der Waals surface area (Å²) in [5.41, 5.74) is 3.76. The van der Waals surface area contributed by atoms with Gasteiger partial charge in [-0.05, 0) is 93.3 Å². The van der Waals surface area contributed by atoms with Gasteiger partial charge in [-0.2, -0.15) is 5.10 Å². The number of hydrogen-bond donors (Lipinski definition) is 1. The lowest BCUT2D eigenvalue weighted by molar-refractivity contribution is 0.101. The summed E-state index contributed by atoms with van der Waals surface area (Å²) in [4.78, 5) is 15.1. The van der Waals surface area contributed by atoms with Crippen molar-refractivity contribution in [2.45, 2.75) is 24.7 Å². The van der Waals surface area contributed by atoms with Gasteiger partial charge in [0.15, 0.2) is 0 Å². The highest BCUT2D eigenvalue weighted by atomic mass is 16.5. The minimum atomic E-state index is -0.190.